The molecular formula is C10H21NO. The fourth-order valence-electron chi connectivity index (χ4n) is 0.613. The third kappa shape index (κ3) is 12.1. The summed E-state index contributed by atoms with van der Waals surface area (Å²) >= 11 is 0. The molecule has 0 fully saturated rings. The number of hydrogen-bond donors (Lipinski definition) is 1. The molecule has 1 N–H and O–H groups in total. The smallest absolute Gasteiger partial charge is 0.0402 e. The highest BCUT2D eigenvalue weighted by atomic mass is 16.2. The van der Waals surface area contributed by atoms with Gasteiger partial charge in [0.05, 0.1) is 0 Å². The zero-order valence-corrected chi connectivity index (χ0v) is 8.67. The molecule has 0 aromatic heterocycles. The van der Waals surface area contributed by atoms with E-state index in [2.05, 4.69) is 18.8 Å². The van der Waals surface area contributed by atoms with Gasteiger partial charge < -0.3 is 5.11 Å². The van der Waals surface area contributed by atoms with Crippen molar-refractivity contribution in [3.63, 3.8) is 0 Å². The Kier molecular flexibility index (Phi) is 15.1. The Hall–Kier alpha value is -0.630. The summed E-state index contributed by atoms with van der Waals surface area (Å²) in [7, 11) is 0. The van der Waals surface area contributed by atoms with E-state index in [1.807, 2.05) is 19.3 Å². The van der Waals surface area contributed by atoms with E-state index in [0.29, 0.717) is 0 Å². The topological polar surface area (TPSA) is 32.6 Å². The number of aliphatic imine (C=N–C) groups is 1. The second kappa shape index (κ2) is 13.0. The lowest BCUT2D eigenvalue weighted by molar-refractivity contribution is 0.318. The number of hydrogen-bond acceptors (Lipinski definition) is 2. The summed E-state index contributed by atoms with van der Waals surface area (Å²) in [5.74, 6) is 0. The van der Waals surface area contributed by atoms with E-state index in [4.69, 9.17) is 5.11 Å². The zero-order valence-electron chi connectivity index (χ0n) is 8.67. The van der Waals surface area contributed by atoms with Crippen molar-refractivity contribution >= 4 is 6.21 Å². The molecule has 2 heteroatoms. The van der Waals surface area contributed by atoms with E-state index in [0.717, 1.165) is 12.8 Å². The minimum absolute atomic E-state index is 0.250. The molecule has 0 rings (SSSR count). The first kappa shape index (κ1) is 13.9. The maximum absolute atomic E-state index is 7.57. The Morgan fingerprint density at radius 2 is 1.67 bits per heavy atom. The maximum Gasteiger partial charge on any atom is 0.0402 e. The third-order valence-electron chi connectivity index (χ3n) is 1.31. The molecule has 0 bridgehead atoms. The Morgan fingerprint density at radius 1 is 1.25 bits per heavy atom. The van der Waals surface area contributed by atoms with Crippen molar-refractivity contribution in [2.45, 2.75) is 40.5 Å². The van der Waals surface area contributed by atoms with Crippen molar-refractivity contribution in [3.8, 4) is 0 Å². The predicted molar refractivity (Wildman–Crippen MR) is 55.6 cm³/mol. The summed E-state index contributed by atoms with van der Waals surface area (Å²) in [6.07, 6.45) is 5.99. The number of allylic oxidation sites excluding steroid dienone is 1. The molecule has 0 radical (unpaired) electrons. The van der Waals surface area contributed by atoms with Crippen molar-refractivity contribution in [2.75, 3.05) is 6.61 Å². The van der Waals surface area contributed by atoms with E-state index in [1.165, 1.54) is 5.57 Å². The molecule has 0 heterocycles. The highest BCUT2D eigenvalue weighted by molar-refractivity contribution is 5.54. The van der Waals surface area contributed by atoms with E-state index in [9.17, 15) is 0 Å². The average molecular weight is 171 g/mol. The molecule has 0 aliphatic heterocycles. The lowest BCUT2D eigenvalue weighted by Gasteiger charge is -1.93. The van der Waals surface area contributed by atoms with Gasteiger partial charge in [0.2, 0.25) is 0 Å². The predicted octanol–water partition coefficient (Wildman–Crippen LogP) is 2.78. The lowest BCUT2D eigenvalue weighted by atomic mass is 10.2. The average Bonchev–Trinajstić information content (AvgIpc) is 2.08. The zero-order chi connectivity index (χ0) is 9.82. The minimum Gasteiger partial charge on any atom is -0.397 e. The van der Waals surface area contributed by atoms with E-state index in [1.54, 1.807) is 6.92 Å². The van der Waals surface area contributed by atoms with Crippen molar-refractivity contribution in [1.82, 2.24) is 0 Å². The van der Waals surface area contributed by atoms with Crippen LogP contribution in [0.4, 0.5) is 0 Å². The highest BCUT2D eigenvalue weighted by Crippen LogP contribution is 2.04. The standard InChI is InChI=1S/C8H15N.C2H6O/c1-4-8(5-2)7-9-6-3;1-2-3/h6-7H,4-5H2,1-3H3;3H,2H2,1H3. The van der Waals surface area contributed by atoms with Crippen molar-refractivity contribution in [1.29, 1.82) is 0 Å². The molecule has 0 aliphatic carbocycles. The van der Waals surface area contributed by atoms with Crippen molar-refractivity contribution < 1.29 is 5.11 Å². The second-order valence-corrected chi connectivity index (χ2v) is 2.22. The van der Waals surface area contributed by atoms with Crippen LogP contribution in [-0.4, -0.2) is 17.9 Å². The van der Waals surface area contributed by atoms with Crippen LogP contribution in [0.5, 0.6) is 0 Å². The normalized spacial score (nSPS) is 9.08. The largest absolute Gasteiger partial charge is 0.397 e. The van der Waals surface area contributed by atoms with Gasteiger partial charge in [0.1, 0.15) is 0 Å². The Balaban J connectivity index is 0. The van der Waals surface area contributed by atoms with E-state index >= 15 is 0 Å². The van der Waals surface area contributed by atoms with Crippen LogP contribution in [0.2, 0.25) is 0 Å². The summed E-state index contributed by atoms with van der Waals surface area (Å²) in [6, 6.07) is 0. The summed E-state index contributed by atoms with van der Waals surface area (Å²) in [5, 5.41) is 7.57. The molecule has 0 unspecified atom stereocenters. The van der Waals surface area contributed by atoms with Crippen LogP contribution in [0.1, 0.15) is 40.5 Å². The summed E-state index contributed by atoms with van der Waals surface area (Å²) in [4.78, 5) is 4.03. The van der Waals surface area contributed by atoms with Gasteiger partial charge in [-0.15, -0.1) is 0 Å². The first-order valence-electron chi connectivity index (χ1n) is 4.53. The van der Waals surface area contributed by atoms with E-state index in [-0.39, 0.29) is 6.61 Å². The van der Waals surface area contributed by atoms with Crippen LogP contribution < -0.4 is 0 Å². The van der Waals surface area contributed by atoms with Gasteiger partial charge in [-0.05, 0) is 26.7 Å². The number of rotatable bonds is 3. The van der Waals surface area contributed by atoms with Crippen LogP contribution in [0.25, 0.3) is 0 Å². The van der Waals surface area contributed by atoms with Crippen LogP contribution in [0, 0.1) is 0 Å². The molecule has 72 valence electrons. The lowest BCUT2D eigenvalue weighted by Crippen LogP contribution is -1.74. The van der Waals surface area contributed by atoms with Gasteiger partial charge in [0.25, 0.3) is 0 Å². The fraction of sp³-hybridized carbons (Fsp3) is 0.700. The number of nitrogens with zero attached hydrogens (tertiary/aromatic N) is 1. The molecule has 0 saturated carbocycles. The molecular weight excluding hydrogens is 150 g/mol. The Labute approximate surface area is 76.0 Å². The molecule has 0 aromatic carbocycles. The molecule has 2 nitrogen and oxygen atoms in total. The Bertz CT molecular complexity index is 122. The van der Waals surface area contributed by atoms with Gasteiger partial charge in [-0.1, -0.05) is 19.4 Å². The van der Waals surface area contributed by atoms with Crippen LogP contribution in [0.15, 0.2) is 16.8 Å². The van der Waals surface area contributed by atoms with Crippen molar-refractivity contribution in [3.05, 3.63) is 11.8 Å². The van der Waals surface area contributed by atoms with Crippen LogP contribution in [0.3, 0.4) is 0 Å². The van der Waals surface area contributed by atoms with Gasteiger partial charge in [0, 0.05) is 19.0 Å². The second-order valence-electron chi connectivity index (χ2n) is 2.22. The molecule has 0 amide bonds. The minimum atomic E-state index is 0.250. The summed E-state index contributed by atoms with van der Waals surface area (Å²) in [6.45, 7) is 8.17. The molecule has 0 saturated heterocycles. The molecule has 12 heavy (non-hydrogen) atoms. The molecule has 0 aromatic rings. The summed E-state index contributed by atoms with van der Waals surface area (Å²) < 4.78 is 0. The van der Waals surface area contributed by atoms with E-state index < -0.39 is 0 Å². The Morgan fingerprint density at radius 3 is 1.92 bits per heavy atom. The third-order valence-corrected chi connectivity index (χ3v) is 1.31. The quantitative estimate of drug-likeness (QED) is 0.651. The number of aliphatic hydroxyl groups is 1. The van der Waals surface area contributed by atoms with Gasteiger partial charge in [-0.2, -0.15) is 0 Å². The fourth-order valence-corrected chi connectivity index (χ4v) is 0.613. The monoisotopic (exact) mass is 171 g/mol. The van der Waals surface area contributed by atoms with Crippen LogP contribution >= 0.6 is 0 Å². The highest BCUT2D eigenvalue weighted by Gasteiger charge is 1.84. The van der Waals surface area contributed by atoms with Crippen molar-refractivity contribution in [2.24, 2.45) is 4.99 Å². The summed E-state index contributed by atoms with van der Waals surface area (Å²) in [5.41, 5.74) is 1.41. The molecule has 0 spiro atoms. The number of aliphatic hydroxyl groups excluding tert-OH is 1. The van der Waals surface area contributed by atoms with Gasteiger partial charge in [-0.3, -0.25) is 4.99 Å². The SMILES string of the molecule is CC=NC=C(CC)CC.CCO. The first-order chi connectivity index (χ1) is 5.76. The maximum atomic E-state index is 7.57. The van der Waals surface area contributed by atoms with Gasteiger partial charge in [-0.25, -0.2) is 0 Å². The molecule has 0 atom stereocenters. The first-order valence-corrected chi connectivity index (χ1v) is 4.53. The molecule has 0 aliphatic rings. The van der Waals surface area contributed by atoms with Gasteiger partial charge >= 0.3 is 0 Å². The van der Waals surface area contributed by atoms with Gasteiger partial charge in [0.15, 0.2) is 0 Å². The van der Waals surface area contributed by atoms with Crippen LogP contribution in [-0.2, 0) is 0 Å².